The fourth-order valence-corrected chi connectivity index (χ4v) is 3.84. The maximum absolute atomic E-state index is 13.9. The Hall–Kier alpha value is -2.80. The number of nitrogens with one attached hydrogen (secondary N) is 1. The lowest BCUT2D eigenvalue weighted by atomic mass is 10.2. The third-order valence-electron chi connectivity index (χ3n) is 5.19. The van der Waals surface area contributed by atoms with Gasteiger partial charge in [-0.25, -0.2) is 18.7 Å². The molecule has 0 aliphatic carbocycles. The number of nitrogens with zero attached hydrogens (tertiary/aromatic N) is 4. The van der Waals surface area contributed by atoms with E-state index in [1.165, 1.54) is 6.07 Å². The molecule has 0 atom stereocenters. The van der Waals surface area contributed by atoms with Crippen LogP contribution < -0.4 is 10.2 Å². The van der Waals surface area contributed by atoms with Crippen LogP contribution in [0.2, 0.25) is 0 Å². The van der Waals surface area contributed by atoms with Crippen molar-refractivity contribution < 1.29 is 8.78 Å². The molecule has 0 radical (unpaired) electrons. The van der Waals surface area contributed by atoms with E-state index in [9.17, 15) is 8.78 Å². The fraction of sp³-hybridized carbons (Fsp3) is 0.300. The number of anilines is 1. The summed E-state index contributed by atoms with van der Waals surface area (Å²) in [5.74, 6) is -0.881. The average molecular weight is 367 g/mol. The molecular weight excluding hydrogens is 348 g/mol. The SMILES string of the molecule is Cc1cc2ccc(N3CCCNCC3)nc2n2c1nc1cc(F)c(F)cc12. The summed E-state index contributed by atoms with van der Waals surface area (Å²) in [6, 6.07) is 8.43. The monoisotopic (exact) mass is 367 g/mol. The number of hydrogen-bond acceptors (Lipinski definition) is 4. The molecule has 1 saturated heterocycles. The van der Waals surface area contributed by atoms with Gasteiger partial charge in [0.2, 0.25) is 0 Å². The molecule has 0 bridgehead atoms. The highest BCUT2D eigenvalue weighted by Crippen LogP contribution is 2.28. The average Bonchev–Trinajstić information content (AvgIpc) is 2.84. The first-order chi connectivity index (χ1) is 13.1. The first-order valence-electron chi connectivity index (χ1n) is 9.15. The summed E-state index contributed by atoms with van der Waals surface area (Å²) < 4.78 is 29.4. The van der Waals surface area contributed by atoms with E-state index in [4.69, 9.17) is 4.98 Å². The number of halogens is 2. The van der Waals surface area contributed by atoms with E-state index in [-0.39, 0.29) is 0 Å². The molecule has 5 nitrogen and oxygen atoms in total. The lowest BCUT2D eigenvalue weighted by molar-refractivity contribution is 0.510. The number of rotatable bonds is 1. The largest absolute Gasteiger partial charge is 0.355 e. The van der Waals surface area contributed by atoms with Gasteiger partial charge >= 0.3 is 0 Å². The van der Waals surface area contributed by atoms with Gasteiger partial charge in [-0.1, -0.05) is 0 Å². The van der Waals surface area contributed by atoms with Crippen molar-refractivity contribution >= 4 is 33.5 Å². The number of imidazole rings is 1. The zero-order chi connectivity index (χ0) is 18.5. The van der Waals surface area contributed by atoms with Gasteiger partial charge in [0.25, 0.3) is 0 Å². The molecule has 1 aliphatic rings. The molecular formula is C20H19F2N5. The minimum Gasteiger partial charge on any atom is -0.355 e. The maximum atomic E-state index is 13.9. The molecule has 3 aromatic heterocycles. The summed E-state index contributed by atoms with van der Waals surface area (Å²) in [5, 5.41) is 4.34. The molecule has 138 valence electrons. The van der Waals surface area contributed by atoms with Crippen molar-refractivity contribution in [1.82, 2.24) is 19.7 Å². The van der Waals surface area contributed by atoms with Gasteiger partial charge in [-0.2, -0.15) is 0 Å². The van der Waals surface area contributed by atoms with Crippen molar-refractivity contribution in [2.45, 2.75) is 13.3 Å². The zero-order valence-electron chi connectivity index (χ0n) is 15.0. The second kappa shape index (κ2) is 6.13. The highest BCUT2D eigenvalue weighted by molar-refractivity contribution is 5.90. The predicted octanol–water partition coefficient (Wildman–Crippen LogP) is 3.42. The van der Waals surface area contributed by atoms with E-state index in [0.717, 1.165) is 55.4 Å². The Morgan fingerprint density at radius 2 is 1.81 bits per heavy atom. The lowest BCUT2D eigenvalue weighted by Gasteiger charge is -2.21. The Labute approximate surface area is 154 Å². The van der Waals surface area contributed by atoms with E-state index in [0.29, 0.717) is 22.3 Å². The summed E-state index contributed by atoms with van der Waals surface area (Å²) in [7, 11) is 0. The highest BCUT2D eigenvalue weighted by Gasteiger charge is 2.17. The number of aryl methyl sites for hydroxylation is 1. The van der Waals surface area contributed by atoms with Crippen LogP contribution in [-0.2, 0) is 0 Å². The summed E-state index contributed by atoms with van der Waals surface area (Å²) in [6.45, 7) is 5.69. The van der Waals surface area contributed by atoms with Crippen LogP contribution >= 0.6 is 0 Å². The molecule has 0 amide bonds. The molecule has 1 aromatic carbocycles. The van der Waals surface area contributed by atoms with Crippen LogP contribution in [0.5, 0.6) is 0 Å². The first kappa shape index (κ1) is 16.4. The van der Waals surface area contributed by atoms with Crippen LogP contribution in [0.15, 0.2) is 30.3 Å². The minimum atomic E-state index is -0.890. The molecule has 0 saturated carbocycles. The molecule has 27 heavy (non-hydrogen) atoms. The van der Waals surface area contributed by atoms with Crippen molar-refractivity contribution in [3.8, 4) is 0 Å². The van der Waals surface area contributed by atoms with Gasteiger partial charge in [0.1, 0.15) is 17.1 Å². The van der Waals surface area contributed by atoms with Gasteiger partial charge in [0.15, 0.2) is 11.6 Å². The first-order valence-corrected chi connectivity index (χ1v) is 9.15. The summed E-state index contributed by atoms with van der Waals surface area (Å²) in [5.41, 5.74) is 3.27. The molecule has 0 unspecified atom stereocenters. The third-order valence-corrected chi connectivity index (χ3v) is 5.19. The van der Waals surface area contributed by atoms with Crippen LogP contribution in [0, 0.1) is 18.6 Å². The van der Waals surface area contributed by atoms with Gasteiger partial charge < -0.3 is 10.2 Å². The molecule has 1 fully saturated rings. The van der Waals surface area contributed by atoms with Crippen LogP contribution in [0.25, 0.3) is 27.7 Å². The minimum absolute atomic E-state index is 0.427. The third kappa shape index (κ3) is 2.61. The van der Waals surface area contributed by atoms with E-state index in [1.807, 2.05) is 29.5 Å². The maximum Gasteiger partial charge on any atom is 0.161 e. The molecule has 5 rings (SSSR count). The molecule has 7 heteroatoms. The summed E-state index contributed by atoms with van der Waals surface area (Å²) in [6.07, 6.45) is 1.06. The standard InChI is InChI=1S/C20H19F2N5/c1-12-9-13-3-4-18(26-7-2-5-23-6-8-26)25-20(13)27-17-11-15(22)14(21)10-16(17)24-19(12)27/h3-4,9-11,23H,2,5-8H2,1H3. The van der Waals surface area contributed by atoms with Crippen molar-refractivity contribution in [3.63, 3.8) is 0 Å². The van der Waals surface area contributed by atoms with Crippen molar-refractivity contribution in [3.05, 3.63) is 47.5 Å². The number of pyridine rings is 2. The van der Waals surface area contributed by atoms with Gasteiger partial charge in [-0.3, -0.25) is 4.40 Å². The molecule has 1 aliphatic heterocycles. The summed E-state index contributed by atoms with van der Waals surface area (Å²) in [4.78, 5) is 11.7. The van der Waals surface area contributed by atoms with Crippen LogP contribution in [0.1, 0.15) is 12.0 Å². The quantitative estimate of drug-likeness (QED) is 0.560. The van der Waals surface area contributed by atoms with Crippen LogP contribution in [-0.4, -0.2) is 40.5 Å². The topological polar surface area (TPSA) is 45.5 Å². The lowest BCUT2D eigenvalue weighted by Crippen LogP contribution is -2.28. The molecule has 0 spiro atoms. The smallest absolute Gasteiger partial charge is 0.161 e. The van der Waals surface area contributed by atoms with Crippen molar-refractivity contribution in [2.24, 2.45) is 0 Å². The molecule has 4 heterocycles. The number of benzene rings is 1. The molecule has 1 N–H and O–H groups in total. The number of fused-ring (bicyclic) bond motifs is 5. The predicted molar refractivity (Wildman–Crippen MR) is 102 cm³/mol. The normalized spacial score (nSPS) is 15.7. The van der Waals surface area contributed by atoms with E-state index in [2.05, 4.69) is 15.2 Å². The number of hydrogen-bond donors (Lipinski definition) is 1. The second-order valence-electron chi connectivity index (χ2n) is 7.03. The van der Waals surface area contributed by atoms with E-state index >= 15 is 0 Å². The zero-order valence-corrected chi connectivity index (χ0v) is 15.0. The Morgan fingerprint density at radius 3 is 2.70 bits per heavy atom. The van der Waals surface area contributed by atoms with Crippen molar-refractivity contribution in [2.75, 3.05) is 31.1 Å². The molecule has 4 aromatic rings. The Balaban J connectivity index is 1.80. The Bertz CT molecular complexity index is 1180. The van der Waals surface area contributed by atoms with E-state index in [1.54, 1.807) is 0 Å². The van der Waals surface area contributed by atoms with Crippen molar-refractivity contribution in [1.29, 1.82) is 0 Å². The van der Waals surface area contributed by atoms with Gasteiger partial charge in [-0.15, -0.1) is 0 Å². The van der Waals surface area contributed by atoms with Crippen LogP contribution in [0.4, 0.5) is 14.6 Å². The Kier molecular flexibility index (Phi) is 3.72. The Morgan fingerprint density at radius 1 is 0.963 bits per heavy atom. The second-order valence-corrected chi connectivity index (χ2v) is 7.03. The van der Waals surface area contributed by atoms with Gasteiger partial charge in [0, 0.05) is 37.2 Å². The highest BCUT2D eigenvalue weighted by atomic mass is 19.2. The van der Waals surface area contributed by atoms with Crippen LogP contribution in [0.3, 0.4) is 0 Å². The van der Waals surface area contributed by atoms with E-state index < -0.39 is 11.6 Å². The summed E-state index contributed by atoms with van der Waals surface area (Å²) >= 11 is 0. The fourth-order valence-electron chi connectivity index (χ4n) is 3.84. The number of aromatic nitrogens is 3. The van der Waals surface area contributed by atoms with Gasteiger partial charge in [-0.05, 0) is 43.7 Å². The van der Waals surface area contributed by atoms with Gasteiger partial charge in [0.05, 0.1) is 11.0 Å².